The standard InChI is InChI=1S/C20H23N3O2S/c24-18(21-16-6-7-16)14-22-9-11-23(12-10-22)20(25)19-17(8-13-26-19)15-4-2-1-3-5-15/h1-5,8,13,16H,6-7,9-12,14H2,(H,21,24). The summed E-state index contributed by atoms with van der Waals surface area (Å²) in [5, 5.41) is 5.00. The van der Waals surface area contributed by atoms with Crippen LogP contribution in [0.2, 0.25) is 0 Å². The number of amides is 2. The first kappa shape index (κ1) is 17.2. The van der Waals surface area contributed by atoms with Crippen LogP contribution in [0.1, 0.15) is 22.5 Å². The van der Waals surface area contributed by atoms with Gasteiger partial charge in [-0.2, -0.15) is 0 Å². The lowest BCUT2D eigenvalue weighted by molar-refractivity contribution is -0.122. The molecule has 0 atom stereocenters. The molecule has 4 rings (SSSR count). The molecule has 2 aromatic rings. The molecule has 0 bridgehead atoms. The molecule has 1 aromatic carbocycles. The highest BCUT2D eigenvalue weighted by atomic mass is 32.1. The molecular formula is C20H23N3O2S. The Balaban J connectivity index is 1.35. The molecule has 0 unspecified atom stereocenters. The van der Waals surface area contributed by atoms with Crippen LogP contribution in [-0.2, 0) is 4.79 Å². The van der Waals surface area contributed by atoms with E-state index in [0.717, 1.165) is 41.9 Å². The minimum atomic E-state index is 0.0981. The third-order valence-electron chi connectivity index (χ3n) is 4.91. The van der Waals surface area contributed by atoms with Gasteiger partial charge in [-0.05, 0) is 29.9 Å². The average Bonchev–Trinajstić information content (AvgIpc) is 3.34. The van der Waals surface area contributed by atoms with E-state index in [9.17, 15) is 9.59 Å². The van der Waals surface area contributed by atoms with E-state index in [4.69, 9.17) is 0 Å². The maximum absolute atomic E-state index is 13.0. The van der Waals surface area contributed by atoms with Crippen LogP contribution in [0.3, 0.4) is 0 Å². The van der Waals surface area contributed by atoms with Crippen LogP contribution in [-0.4, -0.2) is 60.4 Å². The van der Waals surface area contributed by atoms with E-state index >= 15 is 0 Å². The Morgan fingerprint density at radius 3 is 2.46 bits per heavy atom. The summed E-state index contributed by atoms with van der Waals surface area (Å²) in [4.78, 5) is 29.8. The molecule has 1 aromatic heterocycles. The van der Waals surface area contributed by atoms with E-state index < -0.39 is 0 Å². The molecule has 0 spiro atoms. The maximum atomic E-state index is 13.0. The third-order valence-corrected chi connectivity index (χ3v) is 5.82. The first-order chi connectivity index (χ1) is 12.7. The number of hydrogen-bond acceptors (Lipinski definition) is 4. The third kappa shape index (κ3) is 3.97. The highest BCUT2D eigenvalue weighted by Gasteiger charge is 2.27. The van der Waals surface area contributed by atoms with Gasteiger partial charge < -0.3 is 10.2 Å². The van der Waals surface area contributed by atoms with Crippen molar-refractivity contribution >= 4 is 23.2 Å². The van der Waals surface area contributed by atoms with E-state index in [2.05, 4.69) is 10.2 Å². The van der Waals surface area contributed by atoms with E-state index in [-0.39, 0.29) is 11.8 Å². The van der Waals surface area contributed by atoms with Gasteiger partial charge >= 0.3 is 0 Å². The maximum Gasteiger partial charge on any atom is 0.264 e. The van der Waals surface area contributed by atoms with Gasteiger partial charge in [-0.15, -0.1) is 11.3 Å². The summed E-state index contributed by atoms with van der Waals surface area (Å²) in [5.74, 6) is 0.206. The molecule has 2 amide bonds. The zero-order valence-electron chi connectivity index (χ0n) is 14.7. The summed E-state index contributed by atoms with van der Waals surface area (Å²) >= 11 is 1.50. The molecule has 2 fully saturated rings. The predicted molar refractivity (Wildman–Crippen MR) is 103 cm³/mol. The molecule has 6 heteroatoms. The van der Waals surface area contributed by atoms with E-state index in [0.29, 0.717) is 25.7 Å². The van der Waals surface area contributed by atoms with Crippen molar-refractivity contribution in [1.82, 2.24) is 15.1 Å². The number of nitrogens with one attached hydrogen (secondary N) is 1. The van der Waals surface area contributed by atoms with E-state index in [1.54, 1.807) is 0 Å². The number of nitrogens with zero attached hydrogens (tertiary/aromatic N) is 2. The molecular weight excluding hydrogens is 346 g/mol. The summed E-state index contributed by atoms with van der Waals surface area (Å²) in [7, 11) is 0. The summed E-state index contributed by atoms with van der Waals surface area (Å²) < 4.78 is 0. The highest BCUT2D eigenvalue weighted by Crippen LogP contribution is 2.29. The molecule has 0 radical (unpaired) electrons. The Morgan fingerprint density at radius 1 is 1.04 bits per heavy atom. The Morgan fingerprint density at radius 2 is 1.77 bits per heavy atom. The lowest BCUT2D eigenvalue weighted by Crippen LogP contribution is -2.51. The molecule has 1 aliphatic heterocycles. The second-order valence-electron chi connectivity index (χ2n) is 6.94. The van der Waals surface area contributed by atoms with Gasteiger partial charge in [0.2, 0.25) is 5.91 Å². The fourth-order valence-electron chi connectivity index (χ4n) is 3.28. The first-order valence-corrected chi connectivity index (χ1v) is 10.0. The van der Waals surface area contributed by atoms with Gasteiger partial charge in [-0.25, -0.2) is 0 Å². The van der Waals surface area contributed by atoms with Crippen molar-refractivity contribution in [2.24, 2.45) is 0 Å². The number of hydrogen-bond donors (Lipinski definition) is 1. The predicted octanol–water partition coefficient (Wildman–Crippen LogP) is 2.45. The van der Waals surface area contributed by atoms with E-state index in [1.807, 2.05) is 46.7 Å². The smallest absolute Gasteiger partial charge is 0.264 e. The molecule has 2 aliphatic rings. The van der Waals surface area contributed by atoms with Crippen molar-refractivity contribution in [1.29, 1.82) is 0 Å². The quantitative estimate of drug-likeness (QED) is 0.881. The largest absolute Gasteiger partial charge is 0.352 e. The molecule has 26 heavy (non-hydrogen) atoms. The summed E-state index contributed by atoms with van der Waals surface area (Å²) in [6, 6.07) is 12.5. The summed E-state index contributed by atoms with van der Waals surface area (Å²) in [6.07, 6.45) is 2.22. The molecule has 2 heterocycles. The Bertz CT molecular complexity index is 777. The number of thiophene rings is 1. The lowest BCUT2D eigenvalue weighted by Gasteiger charge is -2.34. The Hall–Kier alpha value is -2.18. The minimum Gasteiger partial charge on any atom is -0.352 e. The molecule has 5 nitrogen and oxygen atoms in total. The summed E-state index contributed by atoms with van der Waals surface area (Å²) in [6.45, 7) is 3.27. The van der Waals surface area contributed by atoms with Crippen LogP contribution in [0.15, 0.2) is 41.8 Å². The van der Waals surface area contributed by atoms with Crippen molar-refractivity contribution in [3.05, 3.63) is 46.7 Å². The van der Waals surface area contributed by atoms with Crippen LogP contribution >= 0.6 is 11.3 Å². The fraction of sp³-hybridized carbons (Fsp3) is 0.400. The van der Waals surface area contributed by atoms with Gasteiger partial charge in [0.1, 0.15) is 0 Å². The van der Waals surface area contributed by atoms with Crippen LogP contribution in [0, 0.1) is 0 Å². The van der Waals surface area contributed by atoms with Crippen LogP contribution in [0.4, 0.5) is 0 Å². The van der Waals surface area contributed by atoms with Gasteiger partial charge in [0.25, 0.3) is 5.91 Å². The van der Waals surface area contributed by atoms with Gasteiger partial charge in [0, 0.05) is 37.8 Å². The van der Waals surface area contributed by atoms with Crippen molar-refractivity contribution in [2.45, 2.75) is 18.9 Å². The van der Waals surface area contributed by atoms with Gasteiger partial charge in [-0.1, -0.05) is 30.3 Å². The van der Waals surface area contributed by atoms with Crippen LogP contribution < -0.4 is 5.32 Å². The van der Waals surface area contributed by atoms with Crippen LogP contribution in [0.25, 0.3) is 11.1 Å². The average molecular weight is 369 g/mol. The topological polar surface area (TPSA) is 52.7 Å². The SMILES string of the molecule is O=C(CN1CCN(C(=O)c2sccc2-c2ccccc2)CC1)NC1CC1. The Labute approximate surface area is 157 Å². The minimum absolute atomic E-state index is 0.0981. The second kappa shape index (κ2) is 7.60. The molecule has 1 N–H and O–H groups in total. The highest BCUT2D eigenvalue weighted by molar-refractivity contribution is 7.12. The molecule has 1 aliphatic carbocycles. The second-order valence-corrected chi connectivity index (χ2v) is 7.86. The monoisotopic (exact) mass is 369 g/mol. The molecule has 136 valence electrons. The van der Waals surface area contributed by atoms with Crippen LogP contribution in [0.5, 0.6) is 0 Å². The van der Waals surface area contributed by atoms with Crippen molar-refractivity contribution < 1.29 is 9.59 Å². The summed E-state index contributed by atoms with van der Waals surface area (Å²) in [5.41, 5.74) is 2.08. The molecule has 1 saturated heterocycles. The first-order valence-electron chi connectivity index (χ1n) is 9.14. The lowest BCUT2D eigenvalue weighted by atomic mass is 10.1. The normalized spacial score (nSPS) is 17.9. The Kier molecular flexibility index (Phi) is 5.04. The molecule has 1 saturated carbocycles. The number of carbonyl (C=O) groups excluding carboxylic acids is 2. The van der Waals surface area contributed by atoms with Crippen molar-refractivity contribution in [3.8, 4) is 11.1 Å². The fourth-order valence-corrected chi connectivity index (χ4v) is 4.16. The zero-order valence-corrected chi connectivity index (χ0v) is 15.5. The van der Waals surface area contributed by atoms with Crippen molar-refractivity contribution in [3.63, 3.8) is 0 Å². The number of benzene rings is 1. The number of rotatable bonds is 5. The van der Waals surface area contributed by atoms with Gasteiger partial charge in [0.15, 0.2) is 0 Å². The van der Waals surface area contributed by atoms with Crippen molar-refractivity contribution in [2.75, 3.05) is 32.7 Å². The van der Waals surface area contributed by atoms with E-state index in [1.165, 1.54) is 11.3 Å². The van der Waals surface area contributed by atoms with Gasteiger partial charge in [-0.3, -0.25) is 14.5 Å². The zero-order chi connectivity index (χ0) is 17.9. The number of piperazine rings is 1. The van der Waals surface area contributed by atoms with Gasteiger partial charge in [0.05, 0.1) is 11.4 Å². The number of carbonyl (C=O) groups is 2.